The third-order valence-electron chi connectivity index (χ3n) is 11.9. The Morgan fingerprint density at radius 3 is 2.00 bits per heavy atom. The molecule has 0 bridgehead atoms. The third-order valence-corrected chi connectivity index (χ3v) is 13.1. The van der Waals surface area contributed by atoms with Crippen LogP contribution in [0.25, 0.3) is 48.7 Å². The van der Waals surface area contributed by atoms with E-state index in [9.17, 15) is 0 Å². The first-order valence-corrected chi connectivity index (χ1v) is 20.9. The van der Waals surface area contributed by atoms with E-state index < -0.39 is 0 Å². The molecule has 1 aliphatic carbocycles. The zero-order valence-corrected chi connectivity index (χ0v) is 32.8. The Labute approximate surface area is 347 Å². The summed E-state index contributed by atoms with van der Waals surface area (Å²) >= 11 is 1.89. The number of furan rings is 1. The molecular formula is C55H36N2OS. The molecule has 2 aliphatic rings. The summed E-state index contributed by atoms with van der Waals surface area (Å²) in [5.41, 5.74) is 14.8. The molecule has 278 valence electrons. The fraction of sp³-hybridized carbons (Fsp3) is 0.0182. The van der Waals surface area contributed by atoms with Crippen molar-refractivity contribution < 1.29 is 4.42 Å². The lowest BCUT2D eigenvalue weighted by Gasteiger charge is -2.35. The Kier molecular flexibility index (Phi) is 7.85. The van der Waals surface area contributed by atoms with Gasteiger partial charge in [-0.1, -0.05) is 151 Å². The van der Waals surface area contributed by atoms with Gasteiger partial charge in [-0.05, 0) is 99.9 Å². The van der Waals surface area contributed by atoms with Crippen LogP contribution in [-0.4, -0.2) is 0 Å². The standard InChI is InChI=1S/C55H36N2OS/c1-4-15-36(16-5-1)39-27-30-44-45-31-28-42(35-51(45)58-50(44)33-39)56(48-25-14-20-37-17-10-11-23-43(37)48)41-29-32-46-47(34-41)53(38-18-6-2-7-19-38)54-55(46)59-52-26-13-12-24-49(52)57(54)40-21-8-3-9-22-40/h1-35,53H/t53-/m0/s1. The Balaban J connectivity index is 1.06. The maximum atomic E-state index is 6.72. The quantitative estimate of drug-likeness (QED) is 0.168. The molecule has 1 aromatic heterocycles. The fourth-order valence-corrected chi connectivity index (χ4v) is 10.5. The van der Waals surface area contributed by atoms with E-state index in [-0.39, 0.29) is 5.92 Å². The number of rotatable bonds is 6. The summed E-state index contributed by atoms with van der Waals surface area (Å²) in [6, 6.07) is 76.8. The van der Waals surface area contributed by atoms with E-state index in [0.29, 0.717) is 0 Å². The van der Waals surface area contributed by atoms with Gasteiger partial charge in [0.05, 0.1) is 17.3 Å². The highest BCUT2D eigenvalue weighted by Gasteiger charge is 2.41. The van der Waals surface area contributed by atoms with Crippen molar-refractivity contribution in [3.05, 3.63) is 235 Å². The number of nitrogens with zero attached hydrogens (tertiary/aromatic N) is 2. The average Bonchev–Trinajstić information content (AvgIpc) is 3.83. The first kappa shape index (κ1) is 33.8. The Hall–Kier alpha value is -7.27. The van der Waals surface area contributed by atoms with E-state index in [1.807, 2.05) is 11.8 Å². The minimum atomic E-state index is 0.00763. The maximum Gasteiger partial charge on any atom is 0.137 e. The van der Waals surface area contributed by atoms with E-state index in [2.05, 4.69) is 222 Å². The van der Waals surface area contributed by atoms with E-state index >= 15 is 0 Å². The number of fused-ring (bicyclic) bond motifs is 7. The number of para-hydroxylation sites is 2. The van der Waals surface area contributed by atoms with Crippen LogP contribution in [0.15, 0.2) is 227 Å². The molecule has 4 heteroatoms. The van der Waals surface area contributed by atoms with Crippen molar-refractivity contribution in [2.75, 3.05) is 9.80 Å². The van der Waals surface area contributed by atoms with Gasteiger partial charge in [0.25, 0.3) is 0 Å². The number of hydrogen-bond acceptors (Lipinski definition) is 4. The predicted molar refractivity (Wildman–Crippen MR) is 247 cm³/mol. The molecule has 0 fully saturated rings. The number of benzene rings is 9. The van der Waals surface area contributed by atoms with Crippen LogP contribution < -0.4 is 9.80 Å². The molecule has 0 N–H and O–H groups in total. The topological polar surface area (TPSA) is 19.6 Å². The van der Waals surface area contributed by atoms with E-state index in [1.54, 1.807) is 0 Å². The molecule has 3 nitrogen and oxygen atoms in total. The first-order chi connectivity index (χ1) is 29.3. The molecule has 2 heterocycles. The molecule has 0 spiro atoms. The molecule has 0 saturated carbocycles. The maximum absolute atomic E-state index is 6.72. The van der Waals surface area contributed by atoms with Crippen molar-refractivity contribution in [3.8, 4) is 11.1 Å². The number of thioether (sulfide) groups is 1. The molecule has 0 saturated heterocycles. The van der Waals surface area contributed by atoms with E-state index in [4.69, 9.17) is 4.42 Å². The van der Waals surface area contributed by atoms with Crippen LogP contribution >= 0.6 is 11.8 Å². The van der Waals surface area contributed by atoms with E-state index in [0.717, 1.165) is 50.3 Å². The van der Waals surface area contributed by atoms with Crippen molar-refractivity contribution in [3.63, 3.8) is 0 Å². The molecular weight excluding hydrogens is 737 g/mol. The number of allylic oxidation sites excluding steroid dienone is 1. The van der Waals surface area contributed by atoms with Crippen LogP contribution in [0.4, 0.5) is 28.4 Å². The normalized spacial score (nSPS) is 14.4. The van der Waals surface area contributed by atoms with Gasteiger partial charge in [-0.15, -0.1) is 0 Å². The highest BCUT2D eigenvalue weighted by Crippen LogP contribution is 2.60. The molecule has 9 aromatic carbocycles. The minimum absolute atomic E-state index is 0.00763. The molecule has 59 heavy (non-hydrogen) atoms. The van der Waals surface area contributed by atoms with Crippen molar-refractivity contribution in [1.29, 1.82) is 0 Å². The summed E-state index contributed by atoms with van der Waals surface area (Å²) < 4.78 is 6.72. The van der Waals surface area contributed by atoms with Crippen LogP contribution in [0.2, 0.25) is 0 Å². The zero-order chi connectivity index (χ0) is 38.9. The molecule has 10 aromatic rings. The third kappa shape index (κ3) is 5.52. The lowest BCUT2D eigenvalue weighted by atomic mass is 9.89. The molecule has 0 amide bonds. The Bertz CT molecular complexity index is 3260. The van der Waals surface area contributed by atoms with Crippen LogP contribution in [-0.2, 0) is 0 Å². The smallest absolute Gasteiger partial charge is 0.137 e. The van der Waals surface area contributed by atoms with Gasteiger partial charge >= 0.3 is 0 Å². The van der Waals surface area contributed by atoms with Crippen molar-refractivity contribution >= 4 is 77.8 Å². The largest absolute Gasteiger partial charge is 0.456 e. The summed E-state index contributed by atoms with van der Waals surface area (Å²) in [6.07, 6.45) is 0. The second kappa shape index (κ2) is 13.7. The Morgan fingerprint density at radius 2 is 1.15 bits per heavy atom. The molecule has 1 atom stereocenters. The van der Waals surface area contributed by atoms with Gasteiger partial charge in [-0.2, -0.15) is 0 Å². The van der Waals surface area contributed by atoms with Gasteiger partial charge < -0.3 is 14.2 Å². The van der Waals surface area contributed by atoms with Crippen LogP contribution in [0.5, 0.6) is 0 Å². The average molecular weight is 773 g/mol. The summed E-state index contributed by atoms with van der Waals surface area (Å²) in [6.45, 7) is 0. The second-order valence-corrected chi connectivity index (χ2v) is 16.3. The second-order valence-electron chi connectivity index (χ2n) is 15.3. The van der Waals surface area contributed by atoms with Crippen LogP contribution in [0.3, 0.4) is 0 Å². The summed E-state index contributed by atoms with van der Waals surface area (Å²) in [7, 11) is 0. The number of anilines is 5. The number of hydrogen-bond donors (Lipinski definition) is 0. The highest BCUT2D eigenvalue weighted by molar-refractivity contribution is 8.08. The van der Waals surface area contributed by atoms with Gasteiger partial charge in [-0.25, -0.2) is 0 Å². The minimum Gasteiger partial charge on any atom is -0.456 e. The van der Waals surface area contributed by atoms with E-state index in [1.165, 1.54) is 54.2 Å². The SMILES string of the molecule is c1ccc(-c2ccc3c(c2)oc2cc(N(c4ccc5c(c4)[C@H](c4ccccc4)C4=C5Sc5ccccc5N4c4ccccc4)c4cccc5ccccc45)ccc23)cc1. The van der Waals surface area contributed by atoms with Gasteiger partial charge in [0, 0.05) is 54.8 Å². The van der Waals surface area contributed by atoms with Gasteiger partial charge in [0.2, 0.25) is 0 Å². The van der Waals surface area contributed by atoms with Crippen molar-refractivity contribution in [1.82, 2.24) is 0 Å². The summed E-state index contributed by atoms with van der Waals surface area (Å²) in [4.78, 5) is 7.48. The van der Waals surface area contributed by atoms with Gasteiger partial charge in [0.15, 0.2) is 0 Å². The van der Waals surface area contributed by atoms with Crippen LogP contribution in [0, 0.1) is 0 Å². The first-order valence-electron chi connectivity index (χ1n) is 20.1. The van der Waals surface area contributed by atoms with Crippen molar-refractivity contribution in [2.24, 2.45) is 0 Å². The monoisotopic (exact) mass is 772 g/mol. The summed E-state index contributed by atoms with van der Waals surface area (Å²) in [5.74, 6) is 0.00763. The molecule has 0 radical (unpaired) electrons. The van der Waals surface area contributed by atoms with Crippen molar-refractivity contribution in [2.45, 2.75) is 10.8 Å². The highest BCUT2D eigenvalue weighted by atomic mass is 32.2. The lowest BCUT2D eigenvalue weighted by Crippen LogP contribution is -2.23. The summed E-state index contributed by atoms with van der Waals surface area (Å²) in [5, 5.41) is 4.60. The van der Waals surface area contributed by atoms with Gasteiger partial charge in [-0.3, -0.25) is 0 Å². The lowest BCUT2D eigenvalue weighted by molar-refractivity contribution is 0.669. The van der Waals surface area contributed by atoms with Gasteiger partial charge in [0.1, 0.15) is 11.2 Å². The zero-order valence-electron chi connectivity index (χ0n) is 32.0. The molecule has 12 rings (SSSR count). The Morgan fingerprint density at radius 1 is 0.492 bits per heavy atom. The fourth-order valence-electron chi connectivity index (χ4n) is 9.24. The predicted octanol–water partition coefficient (Wildman–Crippen LogP) is 15.6. The molecule has 1 aliphatic heterocycles. The molecule has 0 unspecified atom stereocenters. The van der Waals surface area contributed by atoms with Crippen LogP contribution in [0.1, 0.15) is 22.6 Å².